The van der Waals surface area contributed by atoms with Crippen molar-refractivity contribution in [3.05, 3.63) is 44.9 Å². The minimum Gasteiger partial charge on any atom is -0.477 e. The predicted octanol–water partition coefficient (Wildman–Crippen LogP) is 1.17. The van der Waals surface area contributed by atoms with Crippen LogP contribution in [0.3, 0.4) is 0 Å². The van der Waals surface area contributed by atoms with Gasteiger partial charge in [0.2, 0.25) is 5.43 Å². The molecular weight excluding hydrogens is 363 g/mol. The Hall–Kier alpha value is -2.85. The van der Waals surface area contributed by atoms with Crippen LogP contribution in [0.25, 0.3) is 16.2 Å². The third-order valence-electron chi connectivity index (χ3n) is 4.31. The number of hydrogen-bond acceptors (Lipinski definition) is 7. The van der Waals surface area contributed by atoms with Gasteiger partial charge in [-0.15, -0.1) is 11.3 Å². The Balaban J connectivity index is 2.09. The number of rotatable bonds is 3. The standard InChI is InChI=1S/C16H13FN4O4S/c1-7-10-12(23)9(15(24)25)6-21(16-18-2-3-26-16)13(10)19-14(11(7)17)20-4-8(22)5-20/h2-3,6,8,22H,4-5H2,1H3,(H,24,25). The van der Waals surface area contributed by atoms with Gasteiger partial charge in [0.25, 0.3) is 0 Å². The summed E-state index contributed by atoms with van der Waals surface area (Å²) in [7, 11) is 0. The van der Waals surface area contributed by atoms with Crippen molar-refractivity contribution in [1.29, 1.82) is 0 Å². The number of aromatic carboxylic acids is 1. The summed E-state index contributed by atoms with van der Waals surface area (Å²) in [5.74, 6) is -2.08. The smallest absolute Gasteiger partial charge is 0.341 e. The van der Waals surface area contributed by atoms with Gasteiger partial charge in [-0.2, -0.15) is 0 Å². The average molecular weight is 376 g/mol. The van der Waals surface area contributed by atoms with Crippen LogP contribution in [0.2, 0.25) is 0 Å². The van der Waals surface area contributed by atoms with Crippen LogP contribution in [-0.2, 0) is 0 Å². The lowest BCUT2D eigenvalue weighted by Crippen LogP contribution is -2.51. The average Bonchev–Trinajstić information content (AvgIpc) is 3.09. The van der Waals surface area contributed by atoms with Crippen molar-refractivity contribution < 1.29 is 19.4 Å². The molecule has 4 heterocycles. The van der Waals surface area contributed by atoms with Gasteiger partial charge in [-0.1, -0.05) is 0 Å². The molecule has 3 aromatic rings. The van der Waals surface area contributed by atoms with Crippen LogP contribution in [0.1, 0.15) is 15.9 Å². The zero-order chi connectivity index (χ0) is 18.6. The molecular formula is C16H13FN4O4S. The number of thiazole rings is 1. The van der Waals surface area contributed by atoms with Crippen LogP contribution in [0.5, 0.6) is 0 Å². The minimum atomic E-state index is -1.41. The third kappa shape index (κ3) is 2.37. The predicted molar refractivity (Wildman–Crippen MR) is 92.9 cm³/mol. The van der Waals surface area contributed by atoms with Crippen molar-refractivity contribution in [2.24, 2.45) is 0 Å². The number of β-amino-alcohol motifs (C(OH)–C–C–N with tert-alkyl or cyclic N) is 1. The molecule has 0 spiro atoms. The zero-order valence-corrected chi connectivity index (χ0v) is 14.3. The number of pyridine rings is 2. The summed E-state index contributed by atoms with van der Waals surface area (Å²) in [5, 5.41) is 20.8. The first-order valence-corrected chi connectivity index (χ1v) is 8.58. The summed E-state index contributed by atoms with van der Waals surface area (Å²) in [5.41, 5.74) is -1.13. The molecule has 1 aliphatic rings. The van der Waals surface area contributed by atoms with Crippen molar-refractivity contribution in [3.8, 4) is 5.13 Å². The summed E-state index contributed by atoms with van der Waals surface area (Å²) in [6.45, 7) is 1.89. The van der Waals surface area contributed by atoms with Crippen LogP contribution in [-0.4, -0.2) is 49.9 Å². The lowest BCUT2D eigenvalue weighted by molar-refractivity contribution is 0.0695. The van der Waals surface area contributed by atoms with E-state index >= 15 is 0 Å². The number of hydrogen-bond donors (Lipinski definition) is 2. The number of aliphatic hydroxyl groups is 1. The molecule has 0 radical (unpaired) electrons. The van der Waals surface area contributed by atoms with Gasteiger partial charge >= 0.3 is 5.97 Å². The molecule has 1 saturated heterocycles. The Morgan fingerprint density at radius 3 is 2.73 bits per heavy atom. The topological polar surface area (TPSA) is 109 Å². The highest BCUT2D eigenvalue weighted by Crippen LogP contribution is 2.29. The Bertz CT molecular complexity index is 1090. The highest BCUT2D eigenvalue weighted by atomic mass is 32.1. The molecule has 26 heavy (non-hydrogen) atoms. The fourth-order valence-corrected chi connectivity index (χ4v) is 3.57. The maximum atomic E-state index is 14.8. The Morgan fingerprint density at radius 2 is 2.15 bits per heavy atom. The van der Waals surface area contributed by atoms with Crippen LogP contribution in [0, 0.1) is 12.7 Å². The second kappa shape index (κ2) is 5.85. The first kappa shape index (κ1) is 16.6. The van der Waals surface area contributed by atoms with E-state index in [1.807, 2.05) is 0 Å². The molecule has 0 unspecified atom stereocenters. The van der Waals surface area contributed by atoms with E-state index in [0.717, 1.165) is 6.20 Å². The largest absolute Gasteiger partial charge is 0.477 e. The Morgan fingerprint density at radius 1 is 1.42 bits per heavy atom. The van der Waals surface area contributed by atoms with E-state index in [4.69, 9.17) is 0 Å². The molecule has 1 fully saturated rings. The molecule has 10 heteroatoms. The molecule has 0 amide bonds. The number of carboxylic acid groups (broad SMARTS) is 1. The fraction of sp³-hybridized carbons (Fsp3) is 0.250. The van der Waals surface area contributed by atoms with E-state index < -0.39 is 28.9 Å². The van der Waals surface area contributed by atoms with Gasteiger partial charge in [-0.25, -0.2) is 19.2 Å². The number of nitrogens with zero attached hydrogens (tertiary/aromatic N) is 4. The molecule has 0 saturated carbocycles. The van der Waals surface area contributed by atoms with Crippen molar-refractivity contribution in [3.63, 3.8) is 0 Å². The summed E-state index contributed by atoms with van der Waals surface area (Å²) in [6, 6.07) is 0. The molecule has 134 valence electrons. The number of fused-ring (bicyclic) bond motifs is 1. The van der Waals surface area contributed by atoms with Crippen molar-refractivity contribution in [1.82, 2.24) is 14.5 Å². The van der Waals surface area contributed by atoms with Crippen molar-refractivity contribution in [2.45, 2.75) is 13.0 Å². The van der Waals surface area contributed by atoms with Crippen LogP contribution >= 0.6 is 11.3 Å². The highest BCUT2D eigenvalue weighted by molar-refractivity contribution is 7.12. The molecule has 0 bridgehead atoms. The van der Waals surface area contributed by atoms with Gasteiger partial charge in [0.1, 0.15) is 5.56 Å². The van der Waals surface area contributed by atoms with Gasteiger partial charge in [0.05, 0.1) is 11.5 Å². The number of carbonyl (C=O) groups is 1. The summed E-state index contributed by atoms with van der Waals surface area (Å²) in [6.07, 6.45) is 2.14. The zero-order valence-electron chi connectivity index (χ0n) is 13.5. The second-order valence-electron chi connectivity index (χ2n) is 5.99. The number of anilines is 1. The highest BCUT2D eigenvalue weighted by Gasteiger charge is 2.31. The third-order valence-corrected chi connectivity index (χ3v) is 5.08. The van der Waals surface area contributed by atoms with Gasteiger partial charge in [0.15, 0.2) is 22.4 Å². The van der Waals surface area contributed by atoms with E-state index in [2.05, 4.69) is 9.97 Å². The number of halogens is 1. The maximum Gasteiger partial charge on any atom is 0.341 e. The second-order valence-corrected chi connectivity index (χ2v) is 6.87. The number of aliphatic hydroxyl groups excluding tert-OH is 1. The van der Waals surface area contributed by atoms with Crippen molar-refractivity contribution in [2.75, 3.05) is 18.0 Å². The molecule has 2 N–H and O–H groups in total. The number of carboxylic acids is 1. The molecule has 1 aliphatic heterocycles. The molecule has 4 rings (SSSR count). The minimum absolute atomic E-state index is 0.0183. The van der Waals surface area contributed by atoms with Crippen LogP contribution in [0.4, 0.5) is 10.2 Å². The summed E-state index contributed by atoms with van der Waals surface area (Å²) in [4.78, 5) is 34.1. The Kier molecular flexibility index (Phi) is 3.74. The van der Waals surface area contributed by atoms with Gasteiger partial charge in [-0.3, -0.25) is 9.36 Å². The lowest BCUT2D eigenvalue weighted by atomic mass is 10.1. The number of aromatic nitrogens is 3. The lowest BCUT2D eigenvalue weighted by Gasteiger charge is -2.37. The summed E-state index contributed by atoms with van der Waals surface area (Å²) >= 11 is 1.23. The van der Waals surface area contributed by atoms with E-state index in [1.165, 1.54) is 29.0 Å². The fourth-order valence-electron chi connectivity index (χ4n) is 2.95. The van der Waals surface area contributed by atoms with E-state index in [-0.39, 0.29) is 35.5 Å². The first-order valence-electron chi connectivity index (χ1n) is 7.70. The molecule has 8 nitrogen and oxygen atoms in total. The van der Waals surface area contributed by atoms with Gasteiger partial charge in [0, 0.05) is 36.4 Å². The van der Waals surface area contributed by atoms with Gasteiger partial charge < -0.3 is 15.1 Å². The van der Waals surface area contributed by atoms with Crippen LogP contribution < -0.4 is 10.3 Å². The Labute approximate surface area is 149 Å². The monoisotopic (exact) mass is 376 g/mol. The normalized spacial score (nSPS) is 14.7. The van der Waals surface area contributed by atoms with Gasteiger partial charge in [-0.05, 0) is 6.92 Å². The number of aryl methyl sites for hydroxylation is 1. The SMILES string of the molecule is Cc1c(F)c(N2CC(O)C2)nc2c1c(=O)c(C(=O)O)cn2-c1nccs1. The van der Waals surface area contributed by atoms with E-state index in [1.54, 1.807) is 10.3 Å². The van der Waals surface area contributed by atoms with Crippen LogP contribution in [0.15, 0.2) is 22.6 Å². The molecule has 3 aromatic heterocycles. The molecule has 0 aliphatic carbocycles. The molecule has 0 atom stereocenters. The first-order chi connectivity index (χ1) is 12.4. The quantitative estimate of drug-likeness (QED) is 0.706. The van der Waals surface area contributed by atoms with Crippen molar-refractivity contribution >= 4 is 34.2 Å². The van der Waals surface area contributed by atoms with E-state index in [9.17, 15) is 24.2 Å². The molecule has 0 aromatic carbocycles. The van der Waals surface area contributed by atoms with E-state index in [0.29, 0.717) is 5.13 Å². The maximum absolute atomic E-state index is 14.8. The summed E-state index contributed by atoms with van der Waals surface area (Å²) < 4.78 is 16.2.